The second-order valence-electron chi connectivity index (χ2n) is 8.63. The van der Waals surface area contributed by atoms with Gasteiger partial charge < -0.3 is 14.4 Å². The molecule has 0 aliphatic carbocycles. The van der Waals surface area contributed by atoms with Crippen LogP contribution in [0.1, 0.15) is 11.3 Å². The maximum absolute atomic E-state index is 12.7. The fourth-order valence-electron chi connectivity index (χ4n) is 4.12. The first-order chi connectivity index (χ1) is 17.5. The Kier molecular flexibility index (Phi) is 6.97. The summed E-state index contributed by atoms with van der Waals surface area (Å²) in [6.07, 6.45) is 0. The lowest BCUT2D eigenvalue weighted by Crippen LogP contribution is -2.49. The van der Waals surface area contributed by atoms with Crippen LogP contribution >= 0.6 is 11.3 Å². The van der Waals surface area contributed by atoms with Gasteiger partial charge in [-0.15, -0.1) is 0 Å². The predicted octanol–water partition coefficient (Wildman–Crippen LogP) is 2.86. The first kappa shape index (κ1) is 24.0. The normalized spacial score (nSPS) is 14.2. The van der Waals surface area contributed by atoms with Gasteiger partial charge in [0.05, 0.1) is 12.8 Å². The summed E-state index contributed by atoms with van der Waals surface area (Å²) in [7, 11) is 1.62. The van der Waals surface area contributed by atoms with Crippen LogP contribution in [-0.2, 0) is 11.3 Å². The van der Waals surface area contributed by atoms with Gasteiger partial charge in [0.2, 0.25) is 4.96 Å². The molecule has 0 saturated carbocycles. The number of rotatable bonds is 7. The highest BCUT2D eigenvalue weighted by atomic mass is 32.1. The topological polar surface area (TPSA) is 89.3 Å². The zero-order valence-corrected chi connectivity index (χ0v) is 21.0. The summed E-state index contributed by atoms with van der Waals surface area (Å²) in [4.78, 5) is 34.6. The summed E-state index contributed by atoms with van der Waals surface area (Å²) < 4.78 is 12.3. The molecular weight excluding hydrogens is 478 g/mol. The number of fused-ring (bicyclic) bond motifs is 1. The van der Waals surface area contributed by atoms with Gasteiger partial charge in [0.25, 0.3) is 11.5 Å². The Morgan fingerprint density at radius 3 is 2.53 bits per heavy atom. The van der Waals surface area contributed by atoms with Crippen molar-refractivity contribution in [2.24, 2.45) is 0 Å². The third-order valence-electron chi connectivity index (χ3n) is 6.19. The minimum atomic E-state index is -0.201. The molecule has 0 atom stereocenters. The number of carbonyl (C=O) groups is 1. The lowest BCUT2D eigenvalue weighted by atomic mass is 10.2. The second-order valence-corrected chi connectivity index (χ2v) is 9.58. The molecule has 3 heterocycles. The van der Waals surface area contributed by atoms with E-state index in [4.69, 9.17) is 9.47 Å². The number of aromatic nitrogens is 3. The fraction of sp³-hybridized carbons (Fsp3) is 0.308. The van der Waals surface area contributed by atoms with Gasteiger partial charge in [-0.25, -0.2) is 4.98 Å². The van der Waals surface area contributed by atoms with Crippen LogP contribution in [0, 0.1) is 6.92 Å². The monoisotopic (exact) mass is 505 g/mol. The Balaban J connectivity index is 1.19. The lowest BCUT2D eigenvalue weighted by Gasteiger charge is -2.34. The van der Waals surface area contributed by atoms with Crippen molar-refractivity contribution in [1.82, 2.24) is 24.4 Å². The number of ether oxygens (including phenoxy) is 2. The van der Waals surface area contributed by atoms with Crippen molar-refractivity contribution in [3.63, 3.8) is 0 Å². The summed E-state index contributed by atoms with van der Waals surface area (Å²) in [5.41, 5.74) is 2.41. The largest absolute Gasteiger partial charge is 0.497 e. The fourth-order valence-corrected chi connectivity index (χ4v) is 5.05. The van der Waals surface area contributed by atoms with E-state index in [1.807, 2.05) is 60.4 Å². The zero-order valence-electron chi connectivity index (χ0n) is 20.2. The highest BCUT2D eigenvalue weighted by molar-refractivity contribution is 7.19. The van der Waals surface area contributed by atoms with Crippen molar-refractivity contribution >= 4 is 22.2 Å². The third-order valence-corrected chi connectivity index (χ3v) is 7.15. The van der Waals surface area contributed by atoms with Crippen LogP contribution in [0.5, 0.6) is 11.5 Å². The third kappa shape index (κ3) is 5.24. The van der Waals surface area contributed by atoms with Crippen LogP contribution < -0.4 is 15.0 Å². The molecule has 5 rings (SSSR count). The van der Waals surface area contributed by atoms with Crippen LogP contribution in [0.15, 0.2) is 59.4 Å². The SMILES string of the molecule is COc1ccc(-c2nn3c(=O)cc(CN4CCN(C(=O)COc5ccccc5C)CC4)nc3s2)cc1. The number of amides is 1. The molecule has 36 heavy (non-hydrogen) atoms. The van der Waals surface area contributed by atoms with Crippen LogP contribution in [0.25, 0.3) is 15.5 Å². The van der Waals surface area contributed by atoms with E-state index in [9.17, 15) is 9.59 Å². The van der Waals surface area contributed by atoms with Gasteiger partial charge >= 0.3 is 0 Å². The maximum atomic E-state index is 12.7. The minimum Gasteiger partial charge on any atom is -0.497 e. The zero-order chi connectivity index (χ0) is 25.1. The predicted molar refractivity (Wildman–Crippen MR) is 138 cm³/mol. The van der Waals surface area contributed by atoms with E-state index in [1.54, 1.807) is 7.11 Å². The molecule has 0 bridgehead atoms. The van der Waals surface area contributed by atoms with Crippen LogP contribution in [-0.4, -0.2) is 70.2 Å². The van der Waals surface area contributed by atoms with Crippen LogP contribution in [0.2, 0.25) is 0 Å². The molecule has 1 saturated heterocycles. The summed E-state index contributed by atoms with van der Waals surface area (Å²) in [6, 6.07) is 16.8. The molecule has 1 aliphatic heterocycles. The van der Waals surface area contributed by atoms with Crippen molar-refractivity contribution in [2.45, 2.75) is 13.5 Å². The number of piperazine rings is 1. The minimum absolute atomic E-state index is 0.0218. The Morgan fingerprint density at radius 1 is 1.06 bits per heavy atom. The van der Waals surface area contributed by atoms with Crippen LogP contribution in [0.3, 0.4) is 0 Å². The quantitative estimate of drug-likeness (QED) is 0.382. The number of hydrogen-bond donors (Lipinski definition) is 0. The average molecular weight is 506 g/mol. The molecule has 0 N–H and O–H groups in total. The second kappa shape index (κ2) is 10.5. The van der Waals surface area contributed by atoms with E-state index < -0.39 is 0 Å². The number of para-hydroxylation sites is 1. The first-order valence-electron chi connectivity index (χ1n) is 11.7. The van der Waals surface area contributed by atoms with E-state index in [2.05, 4.69) is 15.0 Å². The van der Waals surface area contributed by atoms with Crippen molar-refractivity contribution in [3.8, 4) is 22.1 Å². The Morgan fingerprint density at radius 2 is 1.81 bits per heavy atom. The van der Waals surface area contributed by atoms with Gasteiger partial charge in [-0.2, -0.15) is 9.61 Å². The average Bonchev–Trinajstić information content (AvgIpc) is 3.33. The van der Waals surface area contributed by atoms with Gasteiger partial charge in [0.15, 0.2) is 6.61 Å². The van der Waals surface area contributed by atoms with Gasteiger partial charge in [0, 0.05) is 44.4 Å². The van der Waals surface area contributed by atoms with Crippen molar-refractivity contribution in [1.29, 1.82) is 0 Å². The van der Waals surface area contributed by atoms with Gasteiger partial charge in [0.1, 0.15) is 16.5 Å². The van der Waals surface area contributed by atoms with E-state index in [-0.39, 0.29) is 18.1 Å². The van der Waals surface area contributed by atoms with Crippen molar-refractivity contribution in [3.05, 3.63) is 76.2 Å². The molecular formula is C26H27N5O4S. The number of aryl methyl sites for hydroxylation is 1. The lowest BCUT2D eigenvalue weighted by molar-refractivity contribution is -0.135. The van der Waals surface area contributed by atoms with Crippen molar-refractivity contribution in [2.75, 3.05) is 39.9 Å². The van der Waals surface area contributed by atoms with Gasteiger partial charge in [-0.3, -0.25) is 14.5 Å². The standard InChI is InChI=1S/C26H27N5O4S/c1-18-5-3-4-6-22(18)35-17-24(33)30-13-11-29(12-14-30)16-20-15-23(32)31-26(27-20)36-25(28-31)19-7-9-21(34-2)10-8-19/h3-10,15H,11-14,16-17H2,1-2H3. The molecule has 1 fully saturated rings. The molecule has 1 amide bonds. The maximum Gasteiger partial charge on any atom is 0.275 e. The molecule has 186 valence electrons. The van der Waals surface area contributed by atoms with Gasteiger partial charge in [-0.05, 0) is 42.8 Å². The highest BCUT2D eigenvalue weighted by Gasteiger charge is 2.22. The number of carbonyl (C=O) groups excluding carboxylic acids is 1. The number of benzene rings is 2. The molecule has 0 spiro atoms. The first-order valence-corrected chi connectivity index (χ1v) is 12.5. The van der Waals surface area contributed by atoms with E-state index >= 15 is 0 Å². The molecule has 2 aromatic carbocycles. The smallest absolute Gasteiger partial charge is 0.275 e. The summed E-state index contributed by atoms with van der Waals surface area (Å²) >= 11 is 1.38. The Bertz CT molecular complexity index is 1420. The molecule has 9 nitrogen and oxygen atoms in total. The molecule has 2 aromatic heterocycles. The highest BCUT2D eigenvalue weighted by Crippen LogP contribution is 2.26. The summed E-state index contributed by atoms with van der Waals surface area (Å²) in [6.45, 7) is 5.17. The van der Waals surface area contributed by atoms with E-state index in [1.165, 1.54) is 21.9 Å². The van der Waals surface area contributed by atoms with Crippen LogP contribution in [0.4, 0.5) is 0 Å². The van der Waals surface area contributed by atoms with Gasteiger partial charge in [-0.1, -0.05) is 29.5 Å². The number of hydrogen-bond acceptors (Lipinski definition) is 8. The summed E-state index contributed by atoms with van der Waals surface area (Å²) in [5, 5.41) is 5.17. The number of nitrogens with zero attached hydrogens (tertiary/aromatic N) is 5. The molecule has 4 aromatic rings. The molecule has 0 unspecified atom stereocenters. The number of methoxy groups -OCH3 is 1. The molecule has 10 heteroatoms. The molecule has 1 aliphatic rings. The Labute approximate surface area is 212 Å². The van der Waals surface area contributed by atoms with Crippen molar-refractivity contribution < 1.29 is 14.3 Å². The van der Waals surface area contributed by atoms with E-state index in [0.29, 0.717) is 43.4 Å². The van der Waals surface area contributed by atoms with E-state index in [0.717, 1.165) is 27.6 Å². The molecule has 0 radical (unpaired) electrons. The summed E-state index contributed by atoms with van der Waals surface area (Å²) in [5.74, 6) is 1.47. The Hall–Kier alpha value is -3.76.